The van der Waals surface area contributed by atoms with Crippen molar-refractivity contribution in [2.24, 2.45) is 0 Å². The summed E-state index contributed by atoms with van der Waals surface area (Å²) in [5.74, 6) is -0.211. The second kappa shape index (κ2) is 5.74. The lowest BCUT2D eigenvalue weighted by Crippen LogP contribution is -2.20. The number of hydrogen-bond acceptors (Lipinski definition) is 2. The van der Waals surface area contributed by atoms with Gasteiger partial charge in [-0.05, 0) is 42.8 Å². The number of aromatic nitrogens is 2. The Hall–Kier alpha value is -2.27. The molecule has 1 aromatic heterocycles. The number of fused-ring (bicyclic) bond motifs is 1. The van der Waals surface area contributed by atoms with Crippen molar-refractivity contribution in [2.45, 2.75) is 18.9 Å². The molecule has 0 radical (unpaired) electrons. The molecule has 0 unspecified atom stereocenters. The lowest BCUT2D eigenvalue weighted by Gasteiger charge is -2.15. The number of para-hydroxylation sites is 2. The van der Waals surface area contributed by atoms with Gasteiger partial charge in [-0.1, -0.05) is 18.2 Å². The second-order valence-corrected chi connectivity index (χ2v) is 6.11. The molecule has 1 N–H and O–H groups in total. The van der Waals surface area contributed by atoms with E-state index in [4.69, 9.17) is 0 Å². The van der Waals surface area contributed by atoms with E-state index in [9.17, 15) is 8.78 Å². The van der Waals surface area contributed by atoms with Gasteiger partial charge < -0.3 is 4.98 Å². The smallest absolute Gasteiger partial charge is 0.159 e. The lowest BCUT2D eigenvalue weighted by molar-refractivity contribution is 0.325. The van der Waals surface area contributed by atoms with Crippen molar-refractivity contribution in [2.75, 3.05) is 13.1 Å². The molecule has 0 bridgehead atoms. The molecule has 1 saturated heterocycles. The number of imidazole rings is 1. The fraction of sp³-hybridized carbons (Fsp3) is 0.278. The van der Waals surface area contributed by atoms with Gasteiger partial charge in [0.05, 0.1) is 11.0 Å². The Morgan fingerprint density at radius 3 is 2.83 bits per heavy atom. The van der Waals surface area contributed by atoms with E-state index in [2.05, 4.69) is 14.9 Å². The Labute approximate surface area is 133 Å². The molecule has 5 heteroatoms. The summed E-state index contributed by atoms with van der Waals surface area (Å²) in [6.07, 6.45) is 1.02. The topological polar surface area (TPSA) is 31.9 Å². The van der Waals surface area contributed by atoms with E-state index >= 15 is 0 Å². The zero-order chi connectivity index (χ0) is 15.8. The van der Waals surface area contributed by atoms with E-state index in [-0.39, 0.29) is 0 Å². The van der Waals surface area contributed by atoms with E-state index in [1.165, 1.54) is 12.1 Å². The summed E-state index contributed by atoms with van der Waals surface area (Å²) in [6.45, 7) is 2.44. The maximum Gasteiger partial charge on any atom is 0.159 e. The first-order chi connectivity index (χ1) is 11.2. The molecule has 1 aliphatic rings. The molecular formula is C18H17F2N3. The second-order valence-electron chi connectivity index (χ2n) is 6.11. The number of hydrogen-bond donors (Lipinski definition) is 1. The Bertz CT molecular complexity index is 810. The number of nitrogens with one attached hydrogen (secondary N) is 1. The molecule has 0 amide bonds. The molecule has 2 heterocycles. The summed E-state index contributed by atoms with van der Waals surface area (Å²) in [7, 11) is 0. The van der Waals surface area contributed by atoms with E-state index in [0.29, 0.717) is 12.5 Å². The molecule has 3 aromatic rings. The third kappa shape index (κ3) is 2.84. The highest BCUT2D eigenvalue weighted by Crippen LogP contribution is 2.28. The summed E-state index contributed by atoms with van der Waals surface area (Å²) in [4.78, 5) is 10.3. The van der Waals surface area contributed by atoms with Crippen LogP contribution in [0.25, 0.3) is 11.0 Å². The van der Waals surface area contributed by atoms with Crippen molar-refractivity contribution in [3.05, 3.63) is 65.5 Å². The fourth-order valence-electron chi connectivity index (χ4n) is 3.26. The largest absolute Gasteiger partial charge is 0.342 e. The van der Waals surface area contributed by atoms with Crippen LogP contribution in [0.1, 0.15) is 23.7 Å². The number of rotatable bonds is 3. The Kier molecular flexibility index (Phi) is 3.58. The average molecular weight is 313 g/mol. The molecular weight excluding hydrogens is 296 g/mol. The van der Waals surface area contributed by atoms with Gasteiger partial charge in [0.25, 0.3) is 0 Å². The molecule has 0 spiro atoms. The third-order valence-electron chi connectivity index (χ3n) is 4.46. The van der Waals surface area contributed by atoms with Crippen LogP contribution in [-0.2, 0) is 6.54 Å². The highest BCUT2D eigenvalue weighted by molar-refractivity contribution is 5.74. The normalized spacial score (nSPS) is 18.8. The van der Waals surface area contributed by atoms with Crippen molar-refractivity contribution < 1.29 is 8.78 Å². The minimum absolute atomic E-state index is 0.354. The molecule has 1 aliphatic heterocycles. The minimum Gasteiger partial charge on any atom is -0.342 e. The van der Waals surface area contributed by atoms with Crippen LogP contribution >= 0.6 is 0 Å². The average Bonchev–Trinajstić information content (AvgIpc) is 3.17. The lowest BCUT2D eigenvalue weighted by atomic mass is 10.1. The Balaban J connectivity index is 1.47. The molecule has 4 rings (SSSR count). The summed E-state index contributed by atoms with van der Waals surface area (Å²) in [5.41, 5.74) is 2.84. The summed E-state index contributed by atoms with van der Waals surface area (Å²) < 4.78 is 26.3. The predicted octanol–water partition coefficient (Wildman–Crippen LogP) is 3.83. The zero-order valence-electron chi connectivity index (χ0n) is 12.6. The van der Waals surface area contributed by atoms with Gasteiger partial charge in [-0.3, -0.25) is 4.90 Å². The van der Waals surface area contributed by atoms with E-state index in [1.54, 1.807) is 6.07 Å². The SMILES string of the molecule is Fc1ccc(CN2CC[C@H](c3nc4ccccc4[nH]3)C2)cc1F. The first kappa shape index (κ1) is 14.3. The van der Waals surface area contributed by atoms with Gasteiger partial charge in [-0.25, -0.2) is 13.8 Å². The van der Waals surface area contributed by atoms with Crippen LogP contribution in [0.2, 0.25) is 0 Å². The third-order valence-corrected chi connectivity index (χ3v) is 4.46. The van der Waals surface area contributed by atoms with Crippen LogP contribution in [0.15, 0.2) is 42.5 Å². The van der Waals surface area contributed by atoms with Crippen molar-refractivity contribution in [1.29, 1.82) is 0 Å². The predicted molar refractivity (Wildman–Crippen MR) is 85.1 cm³/mol. The number of halogens is 2. The van der Waals surface area contributed by atoms with Gasteiger partial charge >= 0.3 is 0 Å². The van der Waals surface area contributed by atoms with Crippen molar-refractivity contribution in [3.63, 3.8) is 0 Å². The zero-order valence-corrected chi connectivity index (χ0v) is 12.6. The highest BCUT2D eigenvalue weighted by Gasteiger charge is 2.26. The van der Waals surface area contributed by atoms with Gasteiger partial charge in [-0.15, -0.1) is 0 Å². The van der Waals surface area contributed by atoms with Gasteiger partial charge in [0, 0.05) is 19.0 Å². The van der Waals surface area contributed by atoms with Gasteiger partial charge in [0.15, 0.2) is 11.6 Å². The van der Waals surface area contributed by atoms with E-state index < -0.39 is 11.6 Å². The summed E-state index contributed by atoms with van der Waals surface area (Å²) >= 11 is 0. The van der Waals surface area contributed by atoms with Gasteiger partial charge in [0.1, 0.15) is 5.82 Å². The maximum absolute atomic E-state index is 13.3. The molecule has 23 heavy (non-hydrogen) atoms. The van der Waals surface area contributed by atoms with Crippen molar-refractivity contribution in [1.82, 2.24) is 14.9 Å². The fourth-order valence-corrected chi connectivity index (χ4v) is 3.26. The van der Waals surface area contributed by atoms with Crippen molar-refractivity contribution >= 4 is 11.0 Å². The summed E-state index contributed by atoms with van der Waals surface area (Å²) in [5, 5.41) is 0. The van der Waals surface area contributed by atoms with Gasteiger partial charge in [-0.2, -0.15) is 0 Å². The van der Waals surface area contributed by atoms with Crippen LogP contribution in [0, 0.1) is 11.6 Å². The number of benzene rings is 2. The van der Waals surface area contributed by atoms with Crippen LogP contribution in [0.5, 0.6) is 0 Å². The molecule has 1 fully saturated rings. The molecule has 1 atom stereocenters. The molecule has 0 saturated carbocycles. The quantitative estimate of drug-likeness (QED) is 0.797. The Morgan fingerprint density at radius 2 is 2.00 bits per heavy atom. The minimum atomic E-state index is -0.796. The molecule has 118 valence electrons. The summed E-state index contributed by atoms with van der Waals surface area (Å²) in [6, 6.07) is 12.1. The van der Waals surface area contributed by atoms with Crippen LogP contribution in [-0.4, -0.2) is 28.0 Å². The van der Waals surface area contributed by atoms with E-state index in [1.807, 2.05) is 24.3 Å². The van der Waals surface area contributed by atoms with Crippen LogP contribution in [0.4, 0.5) is 8.78 Å². The highest BCUT2D eigenvalue weighted by atomic mass is 19.2. The molecule has 2 aromatic carbocycles. The standard InChI is InChI=1S/C18H17F2N3/c19-14-6-5-12(9-15(14)20)10-23-8-7-13(11-23)18-21-16-3-1-2-4-17(16)22-18/h1-6,9,13H,7-8,10-11H2,(H,21,22)/t13-/m0/s1. The van der Waals surface area contributed by atoms with Crippen molar-refractivity contribution in [3.8, 4) is 0 Å². The first-order valence-corrected chi connectivity index (χ1v) is 7.80. The van der Waals surface area contributed by atoms with Gasteiger partial charge in [0.2, 0.25) is 0 Å². The number of H-pyrrole nitrogens is 1. The maximum atomic E-state index is 13.3. The molecule has 3 nitrogen and oxygen atoms in total. The van der Waals surface area contributed by atoms with E-state index in [0.717, 1.165) is 41.9 Å². The first-order valence-electron chi connectivity index (χ1n) is 7.80. The Morgan fingerprint density at radius 1 is 1.13 bits per heavy atom. The monoisotopic (exact) mass is 313 g/mol. The molecule has 0 aliphatic carbocycles. The van der Waals surface area contributed by atoms with Crippen LogP contribution < -0.4 is 0 Å². The number of nitrogens with zero attached hydrogens (tertiary/aromatic N) is 2. The number of aromatic amines is 1. The van der Waals surface area contributed by atoms with Crippen LogP contribution in [0.3, 0.4) is 0 Å². The number of likely N-dealkylation sites (tertiary alicyclic amines) is 1.